The van der Waals surface area contributed by atoms with Crippen molar-refractivity contribution in [3.8, 4) is 0 Å². The Bertz CT molecular complexity index is 939. The number of aromatic nitrogens is 2. The number of imide groups is 1. The number of rotatable bonds is 4. The number of nitrogens with zero attached hydrogens (tertiary/aromatic N) is 2. The van der Waals surface area contributed by atoms with Crippen LogP contribution in [-0.4, -0.2) is 27.7 Å². The van der Waals surface area contributed by atoms with Crippen LogP contribution in [0.25, 0.3) is 10.2 Å². The maximum atomic E-state index is 12.0. The molecular weight excluding hydrogens is 356 g/mol. The monoisotopic (exact) mass is 372 g/mol. The van der Waals surface area contributed by atoms with Gasteiger partial charge in [-0.15, -0.1) is 11.3 Å². The van der Waals surface area contributed by atoms with E-state index in [4.69, 9.17) is 0 Å². The summed E-state index contributed by atoms with van der Waals surface area (Å²) in [6.07, 6.45) is 1.48. The third-order valence-electron chi connectivity index (χ3n) is 3.67. The van der Waals surface area contributed by atoms with E-state index in [0.29, 0.717) is 5.69 Å². The molecule has 0 aliphatic heterocycles. The fraction of sp³-hybridized carbons (Fsp3) is 0.176. The lowest BCUT2D eigenvalue weighted by Crippen LogP contribution is -2.35. The fourth-order valence-corrected chi connectivity index (χ4v) is 3.80. The molecule has 3 rings (SSSR count). The Balaban J connectivity index is 1.56. The van der Waals surface area contributed by atoms with E-state index in [1.165, 1.54) is 29.4 Å². The molecule has 0 spiro atoms. The average molecular weight is 372 g/mol. The molecule has 0 aliphatic rings. The standard InChI is InChI=1S/C17H16N4O2S2/c1-10-4-3-5-13(11(10)2)20-17(23)21-14(22)8-25-16-12-6-7-24-15(12)18-9-19-16/h3-7,9H,8H2,1-2H3,(H2,20,21,22,23). The van der Waals surface area contributed by atoms with E-state index in [2.05, 4.69) is 20.6 Å². The van der Waals surface area contributed by atoms with Crippen molar-refractivity contribution in [1.82, 2.24) is 15.3 Å². The van der Waals surface area contributed by atoms with Crippen molar-refractivity contribution < 1.29 is 9.59 Å². The minimum Gasteiger partial charge on any atom is -0.307 e. The predicted octanol–water partition coefficient (Wildman–Crippen LogP) is 3.75. The number of thiophene rings is 1. The Labute approximate surface area is 153 Å². The van der Waals surface area contributed by atoms with Gasteiger partial charge in [-0.2, -0.15) is 0 Å². The van der Waals surface area contributed by atoms with E-state index in [0.717, 1.165) is 26.4 Å². The Kier molecular flexibility index (Phi) is 5.30. The second-order valence-electron chi connectivity index (χ2n) is 5.36. The van der Waals surface area contributed by atoms with Gasteiger partial charge in [-0.1, -0.05) is 23.9 Å². The van der Waals surface area contributed by atoms with Crippen molar-refractivity contribution in [1.29, 1.82) is 0 Å². The van der Waals surface area contributed by atoms with Crippen molar-refractivity contribution >= 4 is 50.9 Å². The number of benzene rings is 1. The molecule has 0 saturated carbocycles. The number of nitrogens with one attached hydrogen (secondary N) is 2. The molecule has 2 aromatic heterocycles. The summed E-state index contributed by atoms with van der Waals surface area (Å²) in [4.78, 5) is 33.2. The van der Waals surface area contributed by atoms with Crippen LogP contribution in [0.15, 0.2) is 41.0 Å². The second-order valence-corrected chi connectivity index (χ2v) is 7.22. The highest BCUT2D eigenvalue weighted by Gasteiger charge is 2.12. The van der Waals surface area contributed by atoms with E-state index in [1.807, 2.05) is 37.4 Å². The van der Waals surface area contributed by atoms with Gasteiger partial charge in [0.2, 0.25) is 5.91 Å². The SMILES string of the molecule is Cc1cccc(NC(=O)NC(=O)CSc2ncnc3sccc23)c1C. The Hall–Kier alpha value is -2.45. The number of hydrogen-bond donors (Lipinski definition) is 2. The summed E-state index contributed by atoms with van der Waals surface area (Å²) >= 11 is 2.80. The number of fused-ring (bicyclic) bond motifs is 1. The molecule has 2 N–H and O–H groups in total. The van der Waals surface area contributed by atoms with Crippen LogP contribution in [0.1, 0.15) is 11.1 Å². The summed E-state index contributed by atoms with van der Waals surface area (Å²) in [5.41, 5.74) is 2.73. The maximum Gasteiger partial charge on any atom is 0.325 e. The van der Waals surface area contributed by atoms with Gasteiger partial charge in [0.25, 0.3) is 0 Å². The fourth-order valence-electron chi connectivity index (χ4n) is 2.22. The van der Waals surface area contributed by atoms with Gasteiger partial charge in [0.05, 0.1) is 5.75 Å². The molecule has 0 unspecified atom stereocenters. The van der Waals surface area contributed by atoms with E-state index in [1.54, 1.807) is 6.07 Å². The summed E-state index contributed by atoms with van der Waals surface area (Å²) in [5.74, 6) is -0.280. The van der Waals surface area contributed by atoms with Gasteiger partial charge in [0, 0.05) is 11.1 Å². The minimum atomic E-state index is -0.539. The molecule has 3 aromatic rings. The highest BCUT2D eigenvalue weighted by molar-refractivity contribution is 8.00. The first-order valence-electron chi connectivity index (χ1n) is 7.52. The Morgan fingerprint density at radius 3 is 2.88 bits per heavy atom. The molecule has 1 aromatic carbocycles. The van der Waals surface area contributed by atoms with Gasteiger partial charge in [-0.3, -0.25) is 10.1 Å². The summed E-state index contributed by atoms with van der Waals surface area (Å²) in [7, 11) is 0. The van der Waals surface area contributed by atoms with Crippen LogP contribution in [0, 0.1) is 13.8 Å². The molecule has 2 heterocycles. The van der Waals surface area contributed by atoms with Crippen LogP contribution < -0.4 is 10.6 Å². The van der Waals surface area contributed by atoms with Crippen molar-refractivity contribution in [2.24, 2.45) is 0 Å². The molecular formula is C17H16N4O2S2. The average Bonchev–Trinajstić information content (AvgIpc) is 3.06. The molecule has 0 radical (unpaired) electrons. The second kappa shape index (κ2) is 7.62. The third kappa shape index (κ3) is 4.15. The number of anilines is 1. The van der Waals surface area contributed by atoms with Crippen LogP contribution in [-0.2, 0) is 4.79 Å². The van der Waals surface area contributed by atoms with E-state index < -0.39 is 6.03 Å². The van der Waals surface area contributed by atoms with E-state index in [9.17, 15) is 9.59 Å². The molecule has 0 saturated heterocycles. The summed E-state index contributed by atoms with van der Waals surface area (Å²) < 4.78 is 0. The number of carbonyl (C=O) groups excluding carboxylic acids is 2. The van der Waals surface area contributed by atoms with Gasteiger partial charge in [0.1, 0.15) is 16.2 Å². The minimum absolute atomic E-state index is 0.0994. The first-order valence-corrected chi connectivity index (χ1v) is 9.39. The zero-order chi connectivity index (χ0) is 17.8. The van der Waals surface area contributed by atoms with Crippen molar-refractivity contribution in [2.45, 2.75) is 18.9 Å². The van der Waals surface area contributed by atoms with Crippen LogP contribution in [0.5, 0.6) is 0 Å². The quantitative estimate of drug-likeness (QED) is 0.538. The highest BCUT2D eigenvalue weighted by atomic mass is 32.2. The zero-order valence-electron chi connectivity index (χ0n) is 13.7. The Morgan fingerprint density at radius 1 is 1.20 bits per heavy atom. The van der Waals surface area contributed by atoms with Crippen LogP contribution in [0.4, 0.5) is 10.5 Å². The predicted molar refractivity (Wildman–Crippen MR) is 101 cm³/mol. The number of hydrogen-bond acceptors (Lipinski definition) is 6. The summed E-state index contributed by atoms with van der Waals surface area (Å²) in [6, 6.07) is 7.01. The molecule has 6 nitrogen and oxygen atoms in total. The van der Waals surface area contributed by atoms with Crippen molar-refractivity contribution in [3.05, 3.63) is 47.1 Å². The maximum absolute atomic E-state index is 12.0. The van der Waals surface area contributed by atoms with Crippen molar-refractivity contribution in [2.75, 3.05) is 11.1 Å². The van der Waals surface area contributed by atoms with Gasteiger partial charge in [0.15, 0.2) is 0 Å². The van der Waals surface area contributed by atoms with Crippen LogP contribution in [0.2, 0.25) is 0 Å². The zero-order valence-corrected chi connectivity index (χ0v) is 15.3. The molecule has 0 atom stereocenters. The number of thioether (sulfide) groups is 1. The first-order chi connectivity index (χ1) is 12.0. The lowest BCUT2D eigenvalue weighted by molar-refractivity contribution is -0.117. The molecule has 128 valence electrons. The smallest absolute Gasteiger partial charge is 0.307 e. The van der Waals surface area contributed by atoms with Gasteiger partial charge in [-0.05, 0) is 42.5 Å². The summed E-state index contributed by atoms with van der Waals surface area (Å²) in [6.45, 7) is 3.89. The largest absolute Gasteiger partial charge is 0.325 e. The number of amides is 3. The van der Waals surface area contributed by atoms with Crippen LogP contribution in [0.3, 0.4) is 0 Å². The lowest BCUT2D eigenvalue weighted by atomic mass is 10.1. The third-order valence-corrected chi connectivity index (χ3v) is 5.50. The van der Waals surface area contributed by atoms with Gasteiger partial charge >= 0.3 is 6.03 Å². The summed E-state index contributed by atoms with van der Waals surface area (Å²) in [5, 5.41) is 8.62. The lowest BCUT2D eigenvalue weighted by Gasteiger charge is -2.10. The number of carbonyl (C=O) groups is 2. The normalized spacial score (nSPS) is 10.6. The number of urea groups is 1. The molecule has 25 heavy (non-hydrogen) atoms. The van der Waals surface area contributed by atoms with Gasteiger partial charge in [-0.25, -0.2) is 14.8 Å². The topological polar surface area (TPSA) is 84.0 Å². The molecule has 3 amide bonds. The Morgan fingerprint density at radius 2 is 2.04 bits per heavy atom. The van der Waals surface area contributed by atoms with E-state index in [-0.39, 0.29) is 11.7 Å². The highest BCUT2D eigenvalue weighted by Crippen LogP contribution is 2.27. The number of aryl methyl sites for hydroxylation is 1. The molecule has 0 bridgehead atoms. The molecule has 0 aliphatic carbocycles. The van der Waals surface area contributed by atoms with E-state index >= 15 is 0 Å². The van der Waals surface area contributed by atoms with Crippen LogP contribution >= 0.6 is 23.1 Å². The van der Waals surface area contributed by atoms with Gasteiger partial charge < -0.3 is 5.32 Å². The molecule has 8 heteroatoms. The first kappa shape index (κ1) is 17.4. The molecule has 0 fully saturated rings. The van der Waals surface area contributed by atoms with Crippen molar-refractivity contribution in [3.63, 3.8) is 0 Å².